The molecule has 0 spiro atoms. The van der Waals surface area contributed by atoms with E-state index >= 15 is 0 Å². The first kappa shape index (κ1) is 20.6. The number of para-hydroxylation sites is 2. The van der Waals surface area contributed by atoms with Gasteiger partial charge in [-0.05, 0) is 29.8 Å². The molecule has 8 heteroatoms. The van der Waals surface area contributed by atoms with Crippen molar-refractivity contribution in [1.82, 2.24) is 5.32 Å². The number of hydrogen-bond acceptors (Lipinski definition) is 4. The van der Waals surface area contributed by atoms with E-state index in [4.69, 9.17) is 9.47 Å². The highest BCUT2D eigenvalue weighted by atomic mass is 19.4. The van der Waals surface area contributed by atoms with E-state index in [-0.39, 0.29) is 25.5 Å². The fraction of sp³-hybridized carbons (Fsp3) is 0.316. The lowest BCUT2D eigenvalue weighted by Gasteiger charge is -2.11. The zero-order valence-corrected chi connectivity index (χ0v) is 14.7. The standard InChI is InChI=1S/C19H20F3NO4/c1-25-16-4-2-3-5-17(16)27-15-8-6-14(7-9-15)12-23-18(24)10-11-26-13-19(20,21)22/h2-9H,10-13H2,1H3,(H,23,24). The molecule has 0 fully saturated rings. The van der Waals surface area contributed by atoms with E-state index in [1.807, 2.05) is 12.1 Å². The molecule has 2 aromatic carbocycles. The van der Waals surface area contributed by atoms with Gasteiger partial charge in [-0.1, -0.05) is 24.3 Å². The van der Waals surface area contributed by atoms with Gasteiger partial charge >= 0.3 is 6.18 Å². The quantitative estimate of drug-likeness (QED) is 0.663. The molecule has 2 rings (SSSR count). The minimum atomic E-state index is -4.38. The van der Waals surface area contributed by atoms with Crippen LogP contribution in [0, 0.1) is 0 Å². The number of carbonyl (C=O) groups is 1. The molecule has 27 heavy (non-hydrogen) atoms. The van der Waals surface area contributed by atoms with E-state index < -0.39 is 12.8 Å². The molecule has 0 heterocycles. The van der Waals surface area contributed by atoms with Gasteiger partial charge < -0.3 is 19.5 Å². The molecular weight excluding hydrogens is 363 g/mol. The number of amides is 1. The van der Waals surface area contributed by atoms with Crippen molar-refractivity contribution in [2.75, 3.05) is 20.3 Å². The van der Waals surface area contributed by atoms with Gasteiger partial charge in [0.1, 0.15) is 12.4 Å². The van der Waals surface area contributed by atoms with Crippen molar-refractivity contribution in [1.29, 1.82) is 0 Å². The van der Waals surface area contributed by atoms with E-state index in [2.05, 4.69) is 10.1 Å². The smallest absolute Gasteiger partial charge is 0.411 e. The molecule has 0 unspecified atom stereocenters. The van der Waals surface area contributed by atoms with E-state index in [1.165, 1.54) is 0 Å². The third-order valence-electron chi connectivity index (χ3n) is 3.45. The van der Waals surface area contributed by atoms with Gasteiger partial charge in [-0.15, -0.1) is 0 Å². The highest BCUT2D eigenvalue weighted by Gasteiger charge is 2.27. The van der Waals surface area contributed by atoms with Crippen molar-refractivity contribution < 1.29 is 32.2 Å². The van der Waals surface area contributed by atoms with Crippen LogP contribution in [0.1, 0.15) is 12.0 Å². The molecule has 2 aromatic rings. The summed E-state index contributed by atoms with van der Waals surface area (Å²) in [6.45, 7) is -1.38. The lowest BCUT2D eigenvalue weighted by molar-refractivity contribution is -0.174. The number of alkyl halides is 3. The zero-order valence-electron chi connectivity index (χ0n) is 14.7. The van der Waals surface area contributed by atoms with Crippen molar-refractivity contribution in [3.05, 3.63) is 54.1 Å². The molecule has 0 saturated carbocycles. The van der Waals surface area contributed by atoms with Crippen LogP contribution in [0.25, 0.3) is 0 Å². The number of rotatable bonds is 9. The van der Waals surface area contributed by atoms with Crippen LogP contribution in [0.15, 0.2) is 48.5 Å². The molecule has 146 valence electrons. The van der Waals surface area contributed by atoms with Gasteiger partial charge in [0, 0.05) is 13.0 Å². The summed E-state index contributed by atoms with van der Waals surface area (Å²) in [7, 11) is 1.56. The summed E-state index contributed by atoms with van der Waals surface area (Å²) in [4.78, 5) is 11.6. The van der Waals surface area contributed by atoms with Gasteiger partial charge in [0.25, 0.3) is 0 Å². The minimum Gasteiger partial charge on any atom is -0.493 e. The van der Waals surface area contributed by atoms with Gasteiger partial charge in [-0.2, -0.15) is 13.2 Å². The van der Waals surface area contributed by atoms with Crippen LogP contribution < -0.4 is 14.8 Å². The number of hydrogen-bond donors (Lipinski definition) is 1. The molecule has 0 saturated heterocycles. The SMILES string of the molecule is COc1ccccc1Oc1ccc(CNC(=O)CCOCC(F)(F)F)cc1. The van der Waals surface area contributed by atoms with Gasteiger partial charge in [0.05, 0.1) is 13.7 Å². The maximum absolute atomic E-state index is 11.9. The third-order valence-corrected chi connectivity index (χ3v) is 3.45. The summed E-state index contributed by atoms with van der Waals surface area (Å²) in [5.74, 6) is 1.42. The Morgan fingerprint density at radius 1 is 1.04 bits per heavy atom. The van der Waals surface area contributed by atoms with Crippen LogP contribution in [0.4, 0.5) is 13.2 Å². The molecule has 0 aliphatic rings. The Bertz CT molecular complexity index is 732. The largest absolute Gasteiger partial charge is 0.493 e. The second-order valence-corrected chi connectivity index (χ2v) is 5.59. The van der Waals surface area contributed by atoms with Crippen molar-refractivity contribution >= 4 is 5.91 Å². The highest BCUT2D eigenvalue weighted by molar-refractivity contribution is 5.75. The van der Waals surface area contributed by atoms with E-state index in [0.717, 1.165) is 5.56 Å². The van der Waals surface area contributed by atoms with Crippen LogP contribution in [0.2, 0.25) is 0 Å². The Kier molecular flexibility index (Phi) is 7.48. The second-order valence-electron chi connectivity index (χ2n) is 5.59. The average Bonchev–Trinajstić information content (AvgIpc) is 2.64. The first-order valence-corrected chi connectivity index (χ1v) is 8.18. The highest BCUT2D eigenvalue weighted by Crippen LogP contribution is 2.30. The molecule has 0 atom stereocenters. The number of halogens is 3. The summed E-state index contributed by atoms with van der Waals surface area (Å²) >= 11 is 0. The molecule has 0 aliphatic heterocycles. The number of nitrogens with one attached hydrogen (secondary N) is 1. The topological polar surface area (TPSA) is 56.8 Å². The Balaban J connectivity index is 1.76. The molecular formula is C19H20F3NO4. The number of benzene rings is 2. The fourth-order valence-electron chi connectivity index (χ4n) is 2.15. The van der Waals surface area contributed by atoms with Gasteiger partial charge in [0.2, 0.25) is 5.91 Å². The fourth-order valence-corrected chi connectivity index (χ4v) is 2.15. The molecule has 1 amide bonds. The van der Waals surface area contributed by atoms with Crippen molar-refractivity contribution in [3.8, 4) is 17.2 Å². The lowest BCUT2D eigenvalue weighted by atomic mass is 10.2. The van der Waals surface area contributed by atoms with Crippen LogP contribution in [0.3, 0.4) is 0 Å². The Morgan fingerprint density at radius 2 is 1.70 bits per heavy atom. The van der Waals surface area contributed by atoms with Crippen LogP contribution in [0.5, 0.6) is 17.2 Å². The molecule has 0 radical (unpaired) electrons. The summed E-state index contributed by atoms with van der Waals surface area (Å²) in [6.07, 6.45) is -4.52. The summed E-state index contributed by atoms with van der Waals surface area (Å²) in [5.41, 5.74) is 0.826. The number of carbonyl (C=O) groups excluding carboxylic acids is 1. The summed E-state index contributed by atoms with van der Waals surface area (Å²) < 4.78 is 51.1. The predicted octanol–water partition coefficient (Wildman–Crippen LogP) is 4.07. The normalized spacial score (nSPS) is 11.1. The zero-order chi connectivity index (χ0) is 19.7. The minimum absolute atomic E-state index is 0.134. The molecule has 1 N–H and O–H groups in total. The summed E-state index contributed by atoms with van der Waals surface area (Å²) in [6, 6.07) is 14.3. The average molecular weight is 383 g/mol. The maximum atomic E-state index is 11.9. The molecule has 0 aliphatic carbocycles. The van der Waals surface area contributed by atoms with Crippen LogP contribution in [-0.2, 0) is 16.1 Å². The summed E-state index contributed by atoms with van der Waals surface area (Å²) in [5, 5.41) is 2.62. The van der Waals surface area contributed by atoms with Crippen molar-refractivity contribution in [2.24, 2.45) is 0 Å². The molecule has 0 bridgehead atoms. The van der Waals surface area contributed by atoms with Crippen LogP contribution >= 0.6 is 0 Å². The molecule has 5 nitrogen and oxygen atoms in total. The van der Waals surface area contributed by atoms with Gasteiger partial charge in [0.15, 0.2) is 11.5 Å². The van der Waals surface area contributed by atoms with Crippen molar-refractivity contribution in [2.45, 2.75) is 19.1 Å². The maximum Gasteiger partial charge on any atom is 0.411 e. The van der Waals surface area contributed by atoms with Crippen molar-refractivity contribution in [3.63, 3.8) is 0 Å². The second kappa shape index (κ2) is 9.82. The predicted molar refractivity (Wildman–Crippen MR) is 92.8 cm³/mol. The Labute approximate surface area is 155 Å². The van der Waals surface area contributed by atoms with E-state index in [0.29, 0.717) is 17.2 Å². The number of methoxy groups -OCH3 is 1. The van der Waals surface area contributed by atoms with Crippen LogP contribution in [-0.4, -0.2) is 32.4 Å². The Morgan fingerprint density at radius 3 is 2.33 bits per heavy atom. The number of ether oxygens (including phenoxy) is 3. The Hall–Kier alpha value is -2.74. The van der Waals surface area contributed by atoms with E-state index in [1.54, 1.807) is 43.5 Å². The van der Waals surface area contributed by atoms with Gasteiger partial charge in [-0.3, -0.25) is 4.79 Å². The van der Waals surface area contributed by atoms with E-state index in [9.17, 15) is 18.0 Å². The lowest BCUT2D eigenvalue weighted by Crippen LogP contribution is -2.25. The van der Waals surface area contributed by atoms with Gasteiger partial charge in [-0.25, -0.2) is 0 Å². The first-order chi connectivity index (χ1) is 12.9. The molecule has 0 aromatic heterocycles. The third kappa shape index (κ3) is 7.57. The first-order valence-electron chi connectivity index (χ1n) is 8.18. The monoisotopic (exact) mass is 383 g/mol.